The van der Waals surface area contributed by atoms with Crippen LogP contribution in [0.25, 0.3) is 0 Å². The lowest BCUT2D eigenvalue weighted by atomic mass is 9.93. The topological polar surface area (TPSA) is 53.3 Å². The summed E-state index contributed by atoms with van der Waals surface area (Å²) in [4.78, 5) is 32.6. The lowest BCUT2D eigenvalue weighted by molar-refractivity contribution is -0.493. The van der Waals surface area contributed by atoms with E-state index in [4.69, 9.17) is 11.6 Å². The van der Waals surface area contributed by atoms with Gasteiger partial charge >= 0.3 is 11.8 Å². The highest BCUT2D eigenvalue weighted by Crippen LogP contribution is 2.37. The van der Waals surface area contributed by atoms with Gasteiger partial charge in [0.25, 0.3) is 5.84 Å². The first kappa shape index (κ1) is 17.9. The fourth-order valence-electron chi connectivity index (χ4n) is 4.11. The van der Waals surface area contributed by atoms with E-state index in [0.717, 1.165) is 23.4 Å². The second-order valence-corrected chi connectivity index (χ2v) is 7.63. The molecule has 0 saturated heterocycles. The van der Waals surface area contributed by atoms with Gasteiger partial charge in [0.2, 0.25) is 0 Å². The van der Waals surface area contributed by atoms with Gasteiger partial charge in [0.1, 0.15) is 11.2 Å². The second kappa shape index (κ2) is 6.89. The van der Waals surface area contributed by atoms with Gasteiger partial charge in [0.05, 0.1) is 12.5 Å². The average molecular weight is 383 g/mol. The molecule has 27 heavy (non-hydrogen) atoms. The van der Waals surface area contributed by atoms with E-state index >= 15 is 0 Å². The number of nitrogens with zero attached hydrogens (tertiary/aromatic N) is 3. The van der Waals surface area contributed by atoms with Crippen LogP contribution in [-0.2, 0) is 9.59 Å². The number of rotatable bonds is 3. The Balaban J connectivity index is 1.83. The number of carbonyl (C=O) groups is 2. The summed E-state index contributed by atoms with van der Waals surface area (Å²) < 4.78 is 1.81. The van der Waals surface area contributed by atoms with Gasteiger partial charge in [-0.3, -0.25) is 0 Å². The summed E-state index contributed by atoms with van der Waals surface area (Å²) in [5.74, 6) is -0.303. The molecule has 2 unspecified atom stereocenters. The maximum absolute atomic E-state index is 13.4. The van der Waals surface area contributed by atoms with E-state index in [1.807, 2.05) is 54.8 Å². The number of carbonyl (C=O) groups excluding carboxylic acids is 2. The second-order valence-electron chi connectivity index (χ2n) is 7.24. The van der Waals surface area contributed by atoms with Crippen molar-refractivity contribution in [1.29, 1.82) is 0 Å². The van der Waals surface area contributed by atoms with E-state index in [-0.39, 0.29) is 23.9 Å². The SMILES string of the molecule is CC(C)N1C(=O)C(c2ccccc2)C(=O)[N+]2=C1CCC2c1ccc(Cl)nc1. The molecule has 0 fully saturated rings. The molecule has 1 aromatic carbocycles. The Hall–Kier alpha value is -2.53. The molecule has 0 aliphatic carbocycles. The minimum absolute atomic E-state index is 0.0172. The maximum atomic E-state index is 13.4. The van der Waals surface area contributed by atoms with Gasteiger partial charge < -0.3 is 0 Å². The summed E-state index contributed by atoms with van der Waals surface area (Å²) in [5, 5.41) is 0.423. The lowest BCUT2D eigenvalue weighted by Crippen LogP contribution is -2.54. The normalized spacial score (nSPS) is 22.6. The summed E-state index contributed by atoms with van der Waals surface area (Å²) in [6, 6.07) is 12.8. The Morgan fingerprint density at radius 3 is 2.48 bits per heavy atom. The molecule has 0 bridgehead atoms. The minimum atomic E-state index is -0.807. The van der Waals surface area contributed by atoms with Crippen LogP contribution in [-0.4, -0.2) is 38.2 Å². The molecule has 0 radical (unpaired) electrons. The Morgan fingerprint density at radius 1 is 1.11 bits per heavy atom. The van der Waals surface area contributed by atoms with Crippen molar-refractivity contribution in [3.05, 3.63) is 64.9 Å². The van der Waals surface area contributed by atoms with Crippen LogP contribution in [0.1, 0.15) is 49.8 Å². The molecule has 4 rings (SSSR count). The van der Waals surface area contributed by atoms with Crippen molar-refractivity contribution in [2.45, 2.75) is 44.7 Å². The summed E-state index contributed by atoms with van der Waals surface area (Å²) in [6.45, 7) is 3.97. The van der Waals surface area contributed by atoms with E-state index in [0.29, 0.717) is 11.6 Å². The number of hydrogen-bond acceptors (Lipinski definition) is 3. The van der Waals surface area contributed by atoms with Crippen molar-refractivity contribution in [2.75, 3.05) is 0 Å². The van der Waals surface area contributed by atoms with E-state index in [1.54, 1.807) is 17.2 Å². The molecular formula is C21H21ClN3O2+. The standard InChI is InChI=1S/C21H21ClN3O2/c1-13(2)24-18-11-9-16(15-8-10-17(22)23-12-15)25(18)21(27)19(20(24)26)14-6-4-3-5-7-14/h3-8,10,12-13,16,19H,9,11H2,1-2H3/q+1. The number of amidine groups is 1. The highest BCUT2D eigenvalue weighted by atomic mass is 35.5. The van der Waals surface area contributed by atoms with Crippen LogP contribution >= 0.6 is 11.6 Å². The molecule has 6 heteroatoms. The molecule has 1 aromatic heterocycles. The fraction of sp³-hybridized carbons (Fsp3) is 0.333. The van der Waals surface area contributed by atoms with E-state index in [1.165, 1.54) is 0 Å². The summed E-state index contributed by atoms with van der Waals surface area (Å²) >= 11 is 5.92. The Labute approximate surface area is 163 Å². The third-order valence-electron chi connectivity index (χ3n) is 5.26. The van der Waals surface area contributed by atoms with Gasteiger partial charge in [-0.1, -0.05) is 48.0 Å². The van der Waals surface area contributed by atoms with Gasteiger partial charge in [-0.15, -0.1) is 0 Å². The largest absolute Gasteiger partial charge is 0.329 e. The van der Waals surface area contributed by atoms with Crippen LogP contribution < -0.4 is 0 Å². The van der Waals surface area contributed by atoms with Crippen molar-refractivity contribution in [3.63, 3.8) is 0 Å². The Kier molecular flexibility index (Phi) is 4.56. The number of pyridine rings is 1. The quantitative estimate of drug-likeness (QED) is 0.463. The zero-order valence-corrected chi connectivity index (χ0v) is 16.1. The molecule has 3 heterocycles. The fourth-order valence-corrected chi connectivity index (χ4v) is 4.22. The molecular weight excluding hydrogens is 362 g/mol. The lowest BCUT2D eigenvalue weighted by Gasteiger charge is -2.29. The molecule has 138 valence electrons. The van der Waals surface area contributed by atoms with Crippen LogP contribution in [0.15, 0.2) is 48.7 Å². The summed E-state index contributed by atoms with van der Waals surface area (Å²) in [7, 11) is 0. The van der Waals surface area contributed by atoms with Gasteiger partial charge in [-0.2, -0.15) is 9.48 Å². The molecule has 2 aromatic rings. The van der Waals surface area contributed by atoms with Gasteiger partial charge in [0, 0.05) is 18.2 Å². The molecule has 0 spiro atoms. The van der Waals surface area contributed by atoms with Crippen molar-refractivity contribution < 1.29 is 14.2 Å². The highest BCUT2D eigenvalue weighted by molar-refractivity contribution is 6.29. The van der Waals surface area contributed by atoms with Crippen molar-refractivity contribution in [2.24, 2.45) is 0 Å². The third-order valence-corrected chi connectivity index (χ3v) is 5.49. The van der Waals surface area contributed by atoms with Gasteiger partial charge in [0.15, 0.2) is 5.92 Å². The van der Waals surface area contributed by atoms with E-state index in [9.17, 15) is 9.59 Å². The first-order valence-electron chi connectivity index (χ1n) is 9.17. The molecule has 0 N–H and O–H groups in total. The maximum Gasteiger partial charge on any atom is 0.329 e. The van der Waals surface area contributed by atoms with Crippen molar-refractivity contribution >= 4 is 29.3 Å². The molecule has 2 aliphatic heterocycles. The van der Waals surface area contributed by atoms with Crippen LogP contribution in [0.3, 0.4) is 0 Å². The van der Waals surface area contributed by atoms with Gasteiger partial charge in [-0.25, -0.2) is 14.6 Å². The molecule has 0 saturated carbocycles. The monoisotopic (exact) mass is 382 g/mol. The molecule has 2 aliphatic rings. The van der Waals surface area contributed by atoms with Crippen LogP contribution in [0.5, 0.6) is 0 Å². The minimum Gasteiger partial charge on any atom is -0.245 e. The number of aromatic nitrogens is 1. The Morgan fingerprint density at radius 2 is 1.85 bits per heavy atom. The van der Waals surface area contributed by atoms with Crippen LogP contribution in [0.4, 0.5) is 0 Å². The highest BCUT2D eigenvalue weighted by Gasteiger charge is 2.54. The predicted molar refractivity (Wildman–Crippen MR) is 103 cm³/mol. The summed E-state index contributed by atoms with van der Waals surface area (Å²) in [6.07, 6.45) is 3.17. The Bertz CT molecular complexity index is 922. The molecule has 2 amide bonds. The van der Waals surface area contributed by atoms with Crippen molar-refractivity contribution in [3.8, 4) is 0 Å². The van der Waals surface area contributed by atoms with Gasteiger partial charge in [-0.05, 0) is 25.5 Å². The van der Waals surface area contributed by atoms with Crippen molar-refractivity contribution in [1.82, 2.24) is 9.88 Å². The van der Waals surface area contributed by atoms with Crippen LogP contribution in [0.2, 0.25) is 5.15 Å². The first-order chi connectivity index (χ1) is 13.0. The van der Waals surface area contributed by atoms with Crippen LogP contribution in [0, 0.1) is 0 Å². The zero-order chi connectivity index (χ0) is 19.1. The molecule has 2 atom stereocenters. The third kappa shape index (κ3) is 2.96. The number of amides is 2. The van der Waals surface area contributed by atoms with E-state index in [2.05, 4.69) is 4.98 Å². The zero-order valence-electron chi connectivity index (χ0n) is 15.3. The number of halogens is 1. The smallest absolute Gasteiger partial charge is 0.245 e. The molecule has 5 nitrogen and oxygen atoms in total. The first-order valence-corrected chi connectivity index (χ1v) is 9.55. The average Bonchev–Trinajstić information content (AvgIpc) is 3.08. The number of hydrogen-bond donors (Lipinski definition) is 0. The summed E-state index contributed by atoms with van der Waals surface area (Å²) in [5.41, 5.74) is 1.67. The van der Waals surface area contributed by atoms with E-state index < -0.39 is 5.92 Å². The predicted octanol–water partition coefficient (Wildman–Crippen LogP) is 3.54. The number of benzene rings is 1.